The van der Waals surface area contributed by atoms with Gasteiger partial charge < -0.3 is 0 Å². The number of benzene rings is 7. The second-order valence-corrected chi connectivity index (χ2v) is 12.3. The number of nitrogens with zero attached hydrogens (tertiary/aromatic N) is 4. The van der Waals surface area contributed by atoms with E-state index >= 15 is 0 Å². The van der Waals surface area contributed by atoms with Crippen molar-refractivity contribution in [3.63, 3.8) is 0 Å². The molecule has 0 aliphatic carbocycles. The molecule has 7 aromatic carbocycles. The molecule has 0 fully saturated rings. The minimum atomic E-state index is 0.660. The summed E-state index contributed by atoms with van der Waals surface area (Å²) >= 11 is 0. The van der Waals surface area contributed by atoms with Crippen LogP contribution in [0.5, 0.6) is 0 Å². The van der Waals surface area contributed by atoms with E-state index in [4.69, 9.17) is 19.9 Å². The molecule has 0 spiro atoms. The molecule has 0 atom stereocenters. The molecule has 0 amide bonds. The van der Waals surface area contributed by atoms with Crippen LogP contribution in [0.25, 0.3) is 89.4 Å². The van der Waals surface area contributed by atoms with Crippen LogP contribution >= 0.6 is 0 Å². The second kappa shape index (κ2) is 12.7. The first-order valence-corrected chi connectivity index (χ1v) is 16.7. The average Bonchev–Trinajstić information content (AvgIpc) is 3.21. The highest BCUT2D eigenvalue weighted by Crippen LogP contribution is 2.36. The first kappa shape index (κ1) is 29.4. The Morgan fingerprint density at radius 2 is 0.740 bits per heavy atom. The maximum absolute atomic E-state index is 5.21. The van der Waals surface area contributed by atoms with Crippen LogP contribution in [0.4, 0.5) is 0 Å². The minimum absolute atomic E-state index is 0.660. The molecule has 9 rings (SSSR count). The fourth-order valence-corrected chi connectivity index (χ4v) is 6.53. The molecule has 0 bridgehead atoms. The molecule has 4 nitrogen and oxygen atoms in total. The molecule has 4 heteroatoms. The Balaban J connectivity index is 1.23. The molecule has 0 unspecified atom stereocenters. The molecule has 0 radical (unpaired) electrons. The zero-order chi connectivity index (χ0) is 33.3. The van der Waals surface area contributed by atoms with Gasteiger partial charge in [-0.2, -0.15) is 0 Å². The van der Waals surface area contributed by atoms with Gasteiger partial charge in [-0.25, -0.2) is 19.9 Å². The van der Waals surface area contributed by atoms with Crippen LogP contribution in [0.1, 0.15) is 0 Å². The van der Waals surface area contributed by atoms with Crippen molar-refractivity contribution >= 4 is 21.7 Å². The lowest BCUT2D eigenvalue weighted by Crippen LogP contribution is -1.97. The van der Waals surface area contributed by atoms with Crippen LogP contribution in [-0.4, -0.2) is 19.9 Å². The van der Waals surface area contributed by atoms with Crippen molar-refractivity contribution in [2.75, 3.05) is 0 Å². The Kier molecular flexibility index (Phi) is 7.45. The van der Waals surface area contributed by atoms with Gasteiger partial charge in [-0.15, -0.1) is 0 Å². The fourth-order valence-electron chi connectivity index (χ4n) is 6.53. The quantitative estimate of drug-likeness (QED) is 0.170. The van der Waals surface area contributed by atoms with Crippen molar-refractivity contribution in [1.29, 1.82) is 0 Å². The molecule has 50 heavy (non-hydrogen) atoms. The lowest BCUT2D eigenvalue weighted by molar-refractivity contribution is 1.18. The highest BCUT2D eigenvalue weighted by molar-refractivity contribution is 6.10. The first-order chi connectivity index (χ1) is 24.8. The minimum Gasteiger partial charge on any atom is -0.228 e. The van der Waals surface area contributed by atoms with E-state index in [-0.39, 0.29) is 0 Å². The van der Waals surface area contributed by atoms with Crippen LogP contribution in [0.3, 0.4) is 0 Å². The molecule has 0 aliphatic heterocycles. The van der Waals surface area contributed by atoms with Crippen molar-refractivity contribution in [1.82, 2.24) is 19.9 Å². The van der Waals surface area contributed by atoms with E-state index in [1.165, 1.54) is 11.1 Å². The van der Waals surface area contributed by atoms with E-state index in [1.54, 1.807) is 0 Å². The lowest BCUT2D eigenvalue weighted by Gasteiger charge is -2.13. The highest BCUT2D eigenvalue weighted by Gasteiger charge is 2.16. The normalized spacial score (nSPS) is 11.2. The summed E-state index contributed by atoms with van der Waals surface area (Å²) in [6.45, 7) is 0. The Hall–Kier alpha value is -6.78. The number of aromatic nitrogens is 4. The van der Waals surface area contributed by atoms with Crippen molar-refractivity contribution < 1.29 is 0 Å². The topological polar surface area (TPSA) is 51.6 Å². The summed E-state index contributed by atoms with van der Waals surface area (Å²) in [7, 11) is 0. The molecule has 0 N–H and O–H groups in total. The summed E-state index contributed by atoms with van der Waals surface area (Å²) in [5, 5.41) is 3.12. The smallest absolute Gasteiger partial charge is 0.160 e. The Bertz CT molecular complexity index is 2600. The van der Waals surface area contributed by atoms with Gasteiger partial charge in [-0.05, 0) is 34.7 Å². The van der Waals surface area contributed by atoms with E-state index < -0.39 is 0 Å². The van der Waals surface area contributed by atoms with Gasteiger partial charge >= 0.3 is 0 Å². The zero-order valence-electron chi connectivity index (χ0n) is 27.1. The molecular weight excluding hydrogens is 609 g/mol. The third-order valence-corrected chi connectivity index (χ3v) is 9.10. The van der Waals surface area contributed by atoms with E-state index in [2.05, 4.69) is 133 Å². The van der Waals surface area contributed by atoms with Gasteiger partial charge in [0.25, 0.3) is 0 Å². The van der Waals surface area contributed by atoms with Gasteiger partial charge in [0.15, 0.2) is 11.6 Å². The lowest BCUT2D eigenvalue weighted by atomic mass is 9.99. The van der Waals surface area contributed by atoms with Gasteiger partial charge in [0.1, 0.15) is 0 Å². The summed E-state index contributed by atoms with van der Waals surface area (Å²) in [5.74, 6) is 1.35. The zero-order valence-corrected chi connectivity index (χ0v) is 27.1. The maximum atomic E-state index is 5.21. The number of rotatable bonds is 6. The number of fused-ring (bicyclic) bond motifs is 3. The van der Waals surface area contributed by atoms with E-state index in [0.29, 0.717) is 11.6 Å². The highest BCUT2D eigenvalue weighted by atomic mass is 14.9. The van der Waals surface area contributed by atoms with Crippen LogP contribution in [-0.2, 0) is 0 Å². The van der Waals surface area contributed by atoms with Gasteiger partial charge in [-0.1, -0.05) is 164 Å². The van der Waals surface area contributed by atoms with Crippen molar-refractivity contribution in [3.05, 3.63) is 182 Å². The van der Waals surface area contributed by atoms with Crippen molar-refractivity contribution in [3.8, 4) is 67.7 Å². The molecule has 234 valence electrons. The molecular formula is C46H30N4. The SMILES string of the molecule is c1ccc(-c2ccc(-c3cc(-c4ccccc4)nc(-c4ccc5ccc6c(-c7ccccc7)nc(-c7ccccc7)nc6c5c4)n3)cc2)cc1. The Labute approximate surface area is 290 Å². The third-order valence-electron chi connectivity index (χ3n) is 9.10. The van der Waals surface area contributed by atoms with Gasteiger partial charge in [0.05, 0.1) is 22.6 Å². The summed E-state index contributed by atoms with van der Waals surface area (Å²) in [4.78, 5) is 20.6. The molecule has 9 aromatic rings. The average molecular weight is 639 g/mol. The molecule has 2 heterocycles. The van der Waals surface area contributed by atoms with Crippen molar-refractivity contribution in [2.24, 2.45) is 0 Å². The molecule has 0 aliphatic rings. The van der Waals surface area contributed by atoms with Crippen LogP contribution < -0.4 is 0 Å². The summed E-state index contributed by atoms with van der Waals surface area (Å²) in [5.41, 5.74) is 10.9. The fraction of sp³-hybridized carbons (Fsp3) is 0. The number of hydrogen-bond acceptors (Lipinski definition) is 4. The Morgan fingerprint density at radius 1 is 0.280 bits per heavy atom. The Morgan fingerprint density at radius 3 is 1.38 bits per heavy atom. The van der Waals surface area contributed by atoms with Gasteiger partial charge in [0, 0.05) is 38.6 Å². The standard InChI is InChI=1S/C46H30N4/c1-5-13-31(14-6-1)32-21-24-35(25-22-32)42-30-41(34-15-7-2-8-16-34)47-46(48-42)38-26-23-33-27-28-39-43(36-17-9-3-10-18-36)49-45(37-19-11-4-12-20-37)50-44(39)40(33)29-38/h1-30H. The maximum Gasteiger partial charge on any atom is 0.160 e. The van der Waals surface area contributed by atoms with Gasteiger partial charge in [-0.3, -0.25) is 0 Å². The number of hydrogen-bond donors (Lipinski definition) is 0. The second-order valence-electron chi connectivity index (χ2n) is 12.3. The molecule has 0 saturated carbocycles. The third kappa shape index (κ3) is 5.59. The van der Waals surface area contributed by atoms with Crippen molar-refractivity contribution in [2.45, 2.75) is 0 Å². The van der Waals surface area contributed by atoms with E-state index in [0.717, 1.165) is 66.6 Å². The summed E-state index contributed by atoms with van der Waals surface area (Å²) in [6, 6.07) is 62.7. The van der Waals surface area contributed by atoms with Crippen LogP contribution in [0.15, 0.2) is 182 Å². The summed E-state index contributed by atoms with van der Waals surface area (Å²) in [6.07, 6.45) is 0. The van der Waals surface area contributed by atoms with Gasteiger partial charge in [0.2, 0.25) is 0 Å². The van der Waals surface area contributed by atoms with E-state index in [1.807, 2.05) is 48.5 Å². The predicted octanol–water partition coefficient (Wildman–Crippen LogP) is 11.6. The predicted molar refractivity (Wildman–Crippen MR) is 205 cm³/mol. The van der Waals surface area contributed by atoms with E-state index in [9.17, 15) is 0 Å². The first-order valence-electron chi connectivity index (χ1n) is 16.7. The monoisotopic (exact) mass is 638 g/mol. The van der Waals surface area contributed by atoms with Crippen LogP contribution in [0.2, 0.25) is 0 Å². The largest absolute Gasteiger partial charge is 0.228 e. The van der Waals surface area contributed by atoms with Crippen LogP contribution in [0, 0.1) is 0 Å². The molecule has 2 aromatic heterocycles. The summed E-state index contributed by atoms with van der Waals surface area (Å²) < 4.78 is 0. The molecule has 0 saturated heterocycles.